The molecule has 1 saturated heterocycles. The van der Waals surface area contributed by atoms with Crippen LogP contribution in [0.25, 0.3) is 0 Å². The highest BCUT2D eigenvalue weighted by Gasteiger charge is 2.35. The molecule has 3 aromatic rings. The summed E-state index contributed by atoms with van der Waals surface area (Å²) in [6.45, 7) is 3.15. The molecule has 0 bridgehead atoms. The predicted molar refractivity (Wildman–Crippen MR) is 126 cm³/mol. The lowest BCUT2D eigenvalue weighted by Crippen LogP contribution is -2.29. The number of rotatable bonds is 3. The zero-order chi connectivity index (χ0) is 24.0. The molecule has 3 aromatic carbocycles. The highest BCUT2D eigenvalue weighted by Crippen LogP contribution is 2.35. The third-order valence-electron chi connectivity index (χ3n) is 6.33. The summed E-state index contributed by atoms with van der Waals surface area (Å²) in [5, 5.41) is 2.80. The topological polar surface area (TPSA) is 101 Å². The summed E-state index contributed by atoms with van der Waals surface area (Å²) in [5.41, 5.74) is 1.75. The first-order valence-corrected chi connectivity index (χ1v) is 12.5. The first kappa shape index (κ1) is 22.0. The molecule has 172 valence electrons. The van der Waals surface area contributed by atoms with Crippen LogP contribution in [0, 0.1) is 6.92 Å². The first-order valence-electron chi connectivity index (χ1n) is 11.0. The second-order valence-corrected chi connectivity index (χ2v) is 10.4. The predicted octanol–water partition coefficient (Wildman–Crippen LogP) is 3.86. The minimum absolute atomic E-state index is 0.0380. The molecule has 0 radical (unpaired) electrons. The summed E-state index contributed by atoms with van der Waals surface area (Å²) in [4.78, 5) is 40.6. The maximum atomic E-state index is 13.2. The number of carbonyl (C=O) groups is 3. The number of likely N-dealkylation sites (tertiary alicyclic amines) is 1. The van der Waals surface area contributed by atoms with Crippen LogP contribution in [0.4, 0.5) is 5.69 Å². The molecular formula is C26H22N2O5S. The standard InChI is InChI=1S/C26H22N2O5S/c1-16-7-6-9-20(26(31)28-13-4-5-14-28)23(16)27-25(30)17-11-12-19-22(15-17)34(32,33)21-10-3-2-8-18(21)24(19)29/h2-3,6-12,15H,4-5,13-14H2,1H3,(H,27,30). The van der Waals surface area contributed by atoms with E-state index in [9.17, 15) is 22.8 Å². The van der Waals surface area contributed by atoms with Crippen LogP contribution in [0.3, 0.4) is 0 Å². The van der Waals surface area contributed by atoms with Crippen LogP contribution in [0.2, 0.25) is 0 Å². The van der Waals surface area contributed by atoms with Gasteiger partial charge in [-0.25, -0.2) is 8.42 Å². The third kappa shape index (κ3) is 3.51. The van der Waals surface area contributed by atoms with Crippen molar-refractivity contribution >= 4 is 33.1 Å². The van der Waals surface area contributed by atoms with Crippen molar-refractivity contribution in [1.82, 2.24) is 4.90 Å². The summed E-state index contributed by atoms with van der Waals surface area (Å²) in [6, 6.07) is 15.3. The molecule has 1 fully saturated rings. The van der Waals surface area contributed by atoms with Gasteiger partial charge in [0.25, 0.3) is 11.8 Å². The summed E-state index contributed by atoms with van der Waals surface area (Å²) >= 11 is 0. The minimum atomic E-state index is -3.97. The molecule has 7 nitrogen and oxygen atoms in total. The van der Waals surface area contributed by atoms with Gasteiger partial charge in [-0.3, -0.25) is 14.4 Å². The average Bonchev–Trinajstić information content (AvgIpc) is 3.38. The fourth-order valence-electron chi connectivity index (χ4n) is 4.51. The van der Waals surface area contributed by atoms with Crippen LogP contribution < -0.4 is 5.32 Å². The molecule has 0 saturated carbocycles. The number of para-hydroxylation sites is 1. The van der Waals surface area contributed by atoms with Crippen molar-refractivity contribution in [3.05, 3.63) is 88.5 Å². The van der Waals surface area contributed by atoms with Crippen LogP contribution in [0.1, 0.15) is 55.0 Å². The van der Waals surface area contributed by atoms with Crippen LogP contribution in [-0.4, -0.2) is 44.0 Å². The third-order valence-corrected chi connectivity index (χ3v) is 8.19. The summed E-state index contributed by atoms with van der Waals surface area (Å²) in [6.07, 6.45) is 1.90. The van der Waals surface area contributed by atoms with Crippen LogP contribution >= 0.6 is 0 Å². The van der Waals surface area contributed by atoms with Gasteiger partial charge in [0.2, 0.25) is 9.84 Å². The van der Waals surface area contributed by atoms with Gasteiger partial charge in [0, 0.05) is 29.8 Å². The molecule has 8 heteroatoms. The van der Waals surface area contributed by atoms with E-state index >= 15 is 0 Å². The van der Waals surface area contributed by atoms with Crippen molar-refractivity contribution in [3.63, 3.8) is 0 Å². The van der Waals surface area contributed by atoms with E-state index < -0.39 is 21.5 Å². The second kappa shape index (κ2) is 8.22. The van der Waals surface area contributed by atoms with Crippen molar-refractivity contribution in [2.24, 2.45) is 0 Å². The SMILES string of the molecule is Cc1cccc(C(=O)N2CCCC2)c1NC(=O)c1ccc2c(c1)S(=O)(=O)c1ccccc1C2=O. The number of anilines is 1. The van der Waals surface area contributed by atoms with Crippen molar-refractivity contribution in [3.8, 4) is 0 Å². The Balaban J connectivity index is 1.51. The normalized spacial score (nSPS) is 16.0. The Hall–Kier alpha value is -3.78. The van der Waals surface area contributed by atoms with Gasteiger partial charge >= 0.3 is 0 Å². The first-order chi connectivity index (χ1) is 16.3. The Morgan fingerprint density at radius 2 is 1.59 bits per heavy atom. The van der Waals surface area contributed by atoms with E-state index in [2.05, 4.69) is 5.32 Å². The number of hydrogen-bond acceptors (Lipinski definition) is 5. The molecule has 0 spiro atoms. The van der Waals surface area contributed by atoms with Gasteiger partial charge < -0.3 is 10.2 Å². The number of amides is 2. The van der Waals surface area contributed by atoms with E-state index in [-0.39, 0.29) is 32.4 Å². The molecule has 1 N–H and O–H groups in total. The molecule has 0 atom stereocenters. The van der Waals surface area contributed by atoms with Gasteiger partial charge in [-0.15, -0.1) is 0 Å². The Morgan fingerprint density at radius 3 is 2.35 bits per heavy atom. The Morgan fingerprint density at radius 1 is 0.882 bits per heavy atom. The van der Waals surface area contributed by atoms with Gasteiger partial charge in [-0.1, -0.05) is 24.3 Å². The molecule has 34 heavy (non-hydrogen) atoms. The van der Waals surface area contributed by atoms with E-state index in [0.29, 0.717) is 29.9 Å². The molecule has 2 aliphatic heterocycles. The molecule has 5 rings (SSSR count). The highest BCUT2D eigenvalue weighted by atomic mass is 32.2. The zero-order valence-electron chi connectivity index (χ0n) is 18.5. The maximum absolute atomic E-state index is 13.2. The monoisotopic (exact) mass is 474 g/mol. The van der Waals surface area contributed by atoms with Crippen molar-refractivity contribution in [1.29, 1.82) is 0 Å². The fourth-order valence-corrected chi connectivity index (χ4v) is 6.19. The van der Waals surface area contributed by atoms with Gasteiger partial charge in [-0.2, -0.15) is 0 Å². The fraction of sp³-hybridized carbons (Fsp3) is 0.192. The number of nitrogens with zero attached hydrogens (tertiary/aromatic N) is 1. The van der Waals surface area contributed by atoms with Crippen LogP contribution in [-0.2, 0) is 9.84 Å². The molecule has 0 unspecified atom stereocenters. The number of nitrogens with one attached hydrogen (secondary N) is 1. The van der Waals surface area contributed by atoms with Gasteiger partial charge in [0.05, 0.1) is 21.0 Å². The van der Waals surface area contributed by atoms with E-state index in [4.69, 9.17) is 0 Å². The van der Waals surface area contributed by atoms with E-state index in [1.165, 1.54) is 30.3 Å². The minimum Gasteiger partial charge on any atom is -0.339 e. The van der Waals surface area contributed by atoms with Gasteiger partial charge in [0.15, 0.2) is 5.78 Å². The zero-order valence-corrected chi connectivity index (χ0v) is 19.3. The molecule has 0 aliphatic carbocycles. The van der Waals surface area contributed by atoms with E-state index in [1.54, 1.807) is 42.2 Å². The van der Waals surface area contributed by atoms with Gasteiger partial charge in [0.1, 0.15) is 0 Å². The molecule has 2 heterocycles. The average molecular weight is 475 g/mol. The number of hydrogen-bond donors (Lipinski definition) is 1. The van der Waals surface area contributed by atoms with Crippen molar-refractivity contribution in [2.45, 2.75) is 29.6 Å². The van der Waals surface area contributed by atoms with Crippen molar-refractivity contribution in [2.75, 3.05) is 18.4 Å². The van der Waals surface area contributed by atoms with Gasteiger partial charge in [-0.05, 0) is 61.7 Å². The lowest BCUT2D eigenvalue weighted by molar-refractivity contribution is 0.0793. The number of carbonyl (C=O) groups excluding carboxylic acids is 3. The van der Waals surface area contributed by atoms with Crippen LogP contribution in [0.15, 0.2) is 70.5 Å². The Labute approximate surface area is 197 Å². The highest BCUT2D eigenvalue weighted by molar-refractivity contribution is 7.91. The van der Waals surface area contributed by atoms with E-state index in [0.717, 1.165) is 12.8 Å². The molecular weight excluding hydrogens is 452 g/mol. The molecule has 0 aromatic heterocycles. The lowest BCUT2D eigenvalue weighted by Gasteiger charge is -2.20. The Kier molecular flexibility index (Phi) is 5.32. The van der Waals surface area contributed by atoms with Crippen molar-refractivity contribution < 1.29 is 22.8 Å². The largest absolute Gasteiger partial charge is 0.339 e. The summed E-state index contributed by atoms with van der Waals surface area (Å²) < 4.78 is 26.4. The summed E-state index contributed by atoms with van der Waals surface area (Å²) in [7, 11) is -3.97. The molecule has 2 amide bonds. The maximum Gasteiger partial charge on any atom is 0.255 e. The number of aryl methyl sites for hydroxylation is 1. The Bertz CT molecular complexity index is 1470. The quantitative estimate of drug-likeness (QED) is 0.486. The number of fused-ring (bicyclic) bond motifs is 2. The van der Waals surface area contributed by atoms with Crippen LogP contribution in [0.5, 0.6) is 0 Å². The number of benzene rings is 3. The smallest absolute Gasteiger partial charge is 0.255 e. The number of sulfone groups is 1. The summed E-state index contributed by atoms with van der Waals surface area (Å²) in [5.74, 6) is -1.11. The lowest BCUT2D eigenvalue weighted by atomic mass is 10.0. The number of ketones is 1. The second-order valence-electron chi connectivity index (χ2n) is 8.49. The molecule has 2 aliphatic rings. The van der Waals surface area contributed by atoms with E-state index in [1.807, 2.05) is 0 Å².